The van der Waals surface area contributed by atoms with E-state index >= 15 is 0 Å². The molecule has 2 heterocycles. The second-order valence-electron chi connectivity index (χ2n) is 21.6. The largest absolute Gasteiger partial charge is 0.313 e. The van der Waals surface area contributed by atoms with Crippen LogP contribution in [0.25, 0.3) is 67.0 Å². The first-order chi connectivity index (χ1) is 30.0. The SMILES string of the molecule is CCN(C(C)=O)c1cc(-c2ccc(-c3ccc(-c4cc(C(C)(C)C)cc(C(C)(C)C)c4)cn3)cc2)cc(-c2ccc(-c3ccc(-c4cc(C(C)(C)C)cc(C(C)(C)C)c4)cn3)cc2)c1. The monoisotopic (exact) mass is 846 g/mol. The number of carbonyl (C=O) groups is 1. The number of pyridine rings is 2. The number of amides is 1. The Morgan fingerprint density at radius 3 is 0.953 bits per heavy atom. The zero-order valence-corrected chi connectivity index (χ0v) is 40.7. The van der Waals surface area contributed by atoms with Gasteiger partial charge in [-0.25, -0.2) is 0 Å². The van der Waals surface area contributed by atoms with Gasteiger partial charge in [0.1, 0.15) is 0 Å². The molecule has 0 atom stereocenters. The highest BCUT2D eigenvalue weighted by molar-refractivity contribution is 5.94. The summed E-state index contributed by atoms with van der Waals surface area (Å²) in [6, 6.07) is 46.2. The molecule has 0 aliphatic rings. The van der Waals surface area contributed by atoms with Crippen molar-refractivity contribution < 1.29 is 4.79 Å². The molecule has 5 aromatic carbocycles. The molecule has 7 aromatic rings. The highest BCUT2D eigenvalue weighted by atomic mass is 16.2. The molecular formula is C60H67N3O. The van der Waals surface area contributed by atoms with E-state index in [-0.39, 0.29) is 27.6 Å². The maximum atomic E-state index is 12.9. The van der Waals surface area contributed by atoms with E-state index in [0.717, 1.165) is 61.6 Å². The Hall–Kier alpha value is -6.13. The van der Waals surface area contributed by atoms with Gasteiger partial charge in [0.15, 0.2) is 0 Å². The fraction of sp³-hybridized carbons (Fsp3) is 0.317. The van der Waals surface area contributed by atoms with Gasteiger partial charge in [0.25, 0.3) is 0 Å². The van der Waals surface area contributed by atoms with E-state index in [0.29, 0.717) is 6.54 Å². The van der Waals surface area contributed by atoms with Crippen molar-refractivity contribution in [3.8, 4) is 67.0 Å². The van der Waals surface area contributed by atoms with E-state index in [9.17, 15) is 4.79 Å². The van der Waals surface area contributed by atoms with Gasteiger partial charge in [0.05, 0.1) is 11.4 Å². The number of anilines is 1. The van der Waals surface area contributed by atoms with E-state index in [1.165, 1.54) is 33.4 Å². The first-order valence-electron chi connectivity index (χ1n) is 22.9. The van der Waals surface area contributed by atoms with E-state index in [4.69, 9.17) is 9.97 Å². The smallest absolute Gasteiger partial charge is 0.223 e. The predicted molar refractivity (Wildman–Crippen MR) is 273 cm³/mol. The molecule has 7 rings (SSSR count). The molecule has 0 saturated carbocycles. The molecule has 0 radical (unpaired) electrons. The van der Waals surface area contributed by atoms with Gasteiger partial charge in [-0.05, 0) is 115 Å². The van der Waals surface area contributed by atoms with Crippen LogP contribution in [0, 0.1) is 0 Å². The minimum absolute atomic E-state index is 0.0138. The summed E-state index contributed by atoms with van der Waals surface area (Å²) >= 11 is 0. The van der Waals surface area contributed by atoms with Crippen LogP contribution in [0.3, 0.4) is 0 Å². The predicted octanol–water partition coefficient (Wildman–Crippen LogP) is 16.0. The molecule has 0 N–H and O–H groups in total. The third-order valence-corrected chi connectivity index (χ3v) is 12.5. The van der Waals surface area contributed by atoms with Gasteiger partial charge in [0, 0.05) is 53.8 Å². The molecule has 0 aliphatic carbocycles. The summed E-state index contributed by atoms with van der Waals surface area (Å²) in [5.74, 6) is 0.0138. The highest BCUT2D eigenvalue weighted by Gasteiger charge is 2.23. The molecule has 0 unspecified atom stereocenters. The second kappa shape index (κ2) is 17.4. The van der Waals surface area contributed by atoms with Crippen molar-refractivity contribution in [1.82, 2.24) is 9.97 Å². The molecule has 0 aliphatic heterocycles. The highest BCUT2D eigenvalue weighted by Crippen LogP contribution is 2.38. The molecule has 4 heteroatoms. The van der Waals surface area contributed by atoms with Crippen molar-refractivity contribution in [1.29, 1.82) is 0 Å². The van der Waals surface area contributed by atoms with Crippen molar-refractivity contribution in [3.05, 3.63) is 162 Å². The Morgan fingerprint density at radius 1 is 0.391 bits per heavy atom. The molecule has 328 valence electrons. The van der Waals surface area contributed by atoms with Crippen LogP contribution in [0.1, 0.15) is 119 Å². The van der Waals surface area contributed by atoms with Crippen LogP contribution >= 0.6 is 0 Å². The van der Waals surface area contributed by atoms with Crippen molar-refractivity contribution in [2.45, 2.75) is 119 Å². The molecule has 0 spiro atoms. The maximum Gasteiger partial charge on any atom is 0.223 e. The average molecular weight is 846 g/mol. The summed E-state index contributed by atoms with van der Waals surface area (Å²) in [4.78, 5) is 24.6. The lowest BCUT2D eigenvalue weighted by Crippen LogP contribution is -2.27. The standard InChI is InChI=1S/C60H67N3O/c1-15-63(39(2)64)54-33-46(40-16-20-42(21-17-40)55-26-24-44(37-61-55)48-29-50(57(3,4)5)35-51(30-48)58(6,7)8)28-47(34-54)41-18-22-43(23-19-41)56-27-25-45(38-62-56)49-31-52(59(9,10)11)36-53(32-49)60(12,13)14/h16-38H,15H2,1-14H3. The van der Waals surface area contributed by atoms with Gasteiger partial charge in [-0.1, -0.05) is 180 Å². The number of benzene rings is 5. The van der Waals surface area contributed by atoms with Crippen molar-refractivity contribution >= 4 is 11.6 Å². The molecule has 2 aromatic heterocycles. The van der Waals surface area contributed by atoms with Gasteiger partial charge in [-0.15, -0.1) is 0 Å². The molecule has 0 bridgehead atoms. The Morgan fingerprint density at radius 2 is 0.688 bits per heavy atom. The van der Waals surface area contributed by atoms with Crippen LogP contribution in [-0.4, -0.2) is 22.4 Å². The zero-order valence-electron chi connectivity index (χ0n) is 40.7. The minimum atomic E-state index is 0.0138. The van der Waals surface area contributed by atoms with E-state index < -0.39 is 0 Å². The van der Waals surface area contributed by atoms with Crippen LogP contribution < -0.4 is 4.90 Å². The van der Waals surface area contributed by atoms with Gasteiger partial charge < -0.3 is 4.90 Å². The Balaban J connectivity index is 1.16. The zero-order chi connectivity index (χ0) is 46.4. The first-order valence-corrected chi connectivity index (χ1v) is 22.9. The molecule has 4 nitrogen and oxygen atoms in total. The fourth-order valence-electron chi connectivity index (χ4n) is 8.15. The Labute approximate surface area is 383 Å². The van der Waals surface area contributed by atoms with Crippen molar-refractivity contribution in [2.24, 2.45) is 0 Å². The number of nitrogens with zero attached hydrogens (tertiary/aromatic N) is 3. The van der Waals surface area contributed by atoms with Crippen LogP contribution in [0.15, 0.2) is 140 Å². The van der Waals surface area contributed by atoms with E-state index in [2.05, 4.69) is 210 Å². The quantitative estimate of drug-likeness (QED) is 0.153. The summed E-state index contributed by atoms with van der Waals surface area (Å²) in [6.45, 7) is 31.5. The number of rotatable bonds is 8. The van der Waals surface area contributed by atoms with Gasteiger partial charge in [-0.2, -0.15) is 0 Å². The molecule has 1 amide bonds. The van der Waals surface area contributed by atoms with Gasteiger partial charge >= 0.3 is 0 Å². The topological polar surface area (TPSA) is 46.1 Å². The normalized spacial score (nSPS) is 12.3. The summed E-state index contributed by atoms with van der Waals surface area (Å²) < 4.78 is 0. The summed E-state index contributed by atoms with van der Waals surface area (Å²) in [7, 11) is 0. The summed E-state index contributed by atoms with van der Waals surface area (Å²) in [6.07, 6.45) is 4.00. The van der Waals surface area contributed by atoms with Crippen molar-refractivity contribution in [2.75, 3.05) is 11.4 Å². The number of aromatic nitrogens is 2. The maximum absolute atomic E-state index is 12.9. The van der Waals surface area contributed by atoms with Crippen LogP contribution in [0.2, 0.25) is 0 Å². The van der Waals surface area contributed by atoms with Gasteiger partial charge in [0.2, 0.25) is 5.91 Å². The molecule has 0 fully saturated rings. The number of carbonyl (C=O) groups excluding carboxylic acids is 1. The van der Waals surface area contributed by atoms with Crippen LogP contribution in [0.5, 0.6) is 0 Å². The van der Waals surface area contributed by atoms with E-state index in [1.807, 2.05) is 24.2 Å². The Bertz CT molecular complexity index is 2520. The third kappa shape index (κ3) is 10.3. The molecule has 64 heavy (non-hydrogen) atoms. The van der Waals surface area contributed by atoms with Crippen LogP contribution in [0.4, 0.5) is 5.69 Å². The second-order valence-corrected chi connectivity index (χ2v) is 21.6. The van der Waals surface area contributed by atoms with Gasteiger partial charge in [-0.3, -0.25) is 14.8 Å². The Kier molecular flexibility index (Phi) is 12.5. The first kappa shape index (κ1) is 45.9. The lowest BCUT2D eigenvalue weighted by Gasteiger charge is -2.26. The summed E-state index contributed by atoms with van der Waals surface area (Å²) in [5, 5.41) is 0. The fourth-order valence-corrected chi connectivity index (χ4v) is 8.15. The number of hydrogen-bond donors (Lipinski definition) is 0. The molecule has 0 saturated heterocycles. The minimum Gasteiger partial charge on any atom is -0.313 e. The van der Waals surface area contributed by atoms with Crippen molar-refractivity contribution in [3.63, 3.8) is 0 Å². The van der Waals surface area contributed by atoms with E-state index in [1.54, 1.807) is 6.92 Å². The molecular weight excluding hydrogens is 779 g/mol. The number of hydrogen-bond acceptors (Lipinski definition) is 3. The summed E-state index contributed by atoms with van der Waals surface area (Å²) in [5.41, 5.74) is 19.2. The third-order valence-electron chi connectivity index (χ3n) is 12.5. The average Bonchev–Trinajstić information content (AvgIpc) is 3.25. The lowest BCUT2D eigenvalue weighted by molar-refractivity contribution is -0.116. The lowest BCUT2D eigenvalue weighted by atomic mass is 9.79. The van der Waals surface area contributed by atoms with Crippen LogP contribution in [-0.2, 0) is 26.5 Å².